The Morgan fingerprint density at radius 3 is 2.75 bits per heavy atom. The smallest absolute Gasteiger partial charge is 0.0151 e. The molecule has 2 nitrogen and oxygen atoms in total. The predicted octanol–water partition coefficient (Wildman–Crippen LogP) is 0.736. The fourth-order valence-corrected chi connectivity index (χ4v) is 3.48. The van der Waals surface area contributed by atoms with Gasteiger partial charge in [-0.05, 0) is 50.6 Å². The fraction of sp³-hybridized carbons (Fsp3) is 1.00. The van der Waals surface area contributed by atoms with Crippen molar-refractivity contribution < 1.29 is 0 Å². The number of fused-ring (bicyclic) bond motifs is 2. The summed E-state index contributed by atoms with van der Waals surface area (Å²) in [6, 6.07) is 1.73. The molecule has 3 aliphatic heterocycles. The lowest BCUT2D eigenvalue weighted by Crippen LogP contribution is -2.64. The highest BCUT2D eigenvalue weighted by atomic mass is 15.1. The second-order valence-corrected chi connectivity index (χ2v) is 4.64. The van der Waals surface area contributed by atoms with Gasteiger partial charge in [-0.25, -0.2) is 0 Å². The van der Waals surface area contributed by atoms with Crippen LogP contribution in [-0.4, -0.2) is 25.2 Å². The van der Waals surface area contributed by atoms with E-state index >= 15 is 0 Å². The van der Waals surface area contributed by atoms with Crippen LogP contribution in [-0.2, 0) is 0 Å². The molecule has 0 unspecified atom stereocenters. The SMILES string of the molecule is C1CN[C@H]2[C@@H]3CC[C@@H](NC3)[C@H]2C1. The van der Waals surface area contributed by atoms with Gasteiger partial charge in [0.25, 0.3) is 0 Å². The summed E-state index contributed by atoms with van der Waals surface area (Å²) in [6.07, 6.45) is 5.76. The summed E-state index contributed by atoms with van der Waals surface area (Å²) in [7, 11) is 0. The molecule has 2 N–H and O–H groups in total. The van der Waals surface area contributed by atoms with E-state index in [9.17, 15) is 0 Å². The van der Waals surface area contributed by atoms with E-state index in [1.807, 2.05) is 0 Å². The van der Waals surface area contributed by atoms with Crippen molar-refractivity contribution >= 4 is 0 Å². The van der Waals surface area contributed by atoms with Crippen LogP contribution in [0.25, 0.3) is 0 Å². The Labute approximate surface area is 74.1 Å². The second-order valence-electron chi connectivity index (χ2n) is 4.64. The Bertz CT molecular complexity index is 153. The Morgan fingerprint density at radius 2 is 2.00 bits per heavy atom. The number of rotatable bonds is 0. The zero-order valence-electron chi connectivity index (χ0n) is 7.55. The highest BCUT2D eigenvalue weighted by Gasteiger charge is 2.43. The summed E-state index contributed by atoms with van der Waals surface area (Å²) in [5.74, 6) is 1.91. The first-order valence-electron chi connectivity index (χ1n) is 5.42. The lowest BCUT2D eigenvalue weighted by Gasteiger charge is -2.51. The van der Waals surface area contributed by atoms with Crippen LogP contribution in [0.3, 0.4) is 0 Å². The maximum absolute atomic E-state index is 3.71. The minimum absolute atomic E-state index is 0.854. The molecule has 3 heterocycles. The molecule has 4 rings (SSSR count). The van der Waals surface area contributed by atoms with Crippen molar-refractivity contribution in [2.24, 2.45) is 11.8 Å². The van der Waals surface area contributed by atoms with Gasteiger partial charge >= 0.3 is 0 Å². The standard InChI is InChI=1S/C10H18N2/c1-2-8-9-4-3-7(6-12-9)10(8)11-5-1/h7-12H,1-6H2/t7-,8-,9-,10+/m1/s1. The molecule has 68 valence electrons. The molecule has 12 heavy (non-hydrogen) atoms. The van der Waals surface area contributed by atoms with Gasteiger partial charge in [-0.2, -0.15) is 0 Å². The van der Waals surface area contributed by atoms with Crippen molar-refractivity contribution in [3.8, 4) is 0 Å². The molecule has 0 spiro atoms. The predicted molar refractivity (Wildman–Crippen MR) is 49.0 cm³/mol. The Morgan fingerprint density at radius 1 is 1.00 bits per heavy atom. The third kappa shape index (κ3) is 0.944. The Balaban J connectivity index is 1.83. The van der Waals surface area contributed by atoms with Crippen LogP contribution in [0, 0.1) is 11.8 Å². The van der Waals surface area contributed by atoms with E-state index in [4.69, 9.17) is 0 Å². The molecule has 1 aliphatic carbocycles. The van der Waals surface area contributed by atoms with Gasteiger partial charge in [0.1, 0.15) is 0 Å². The molecule has 4 aliphatic rings. The van der Waals surface area contributed by atoms with Crippen LogP contribution in [0.5, 0.6) is 0 Å². The molecule has 3 saturated heterocycles. The number of hydrogen-bond acceptors (Lipinski definition) is 2. The van der Waals surface area contributed by atoms with Crippen molar-refractivity contribution in [2.75, 3.05) is 13.1 Å². The van der Waals surface area contributed by atoms with Crippen molar-refractivity contribution in [1.29, 1.82) is 0 Å². The molecule has 2 heteroatoms. The lowest BCUT2D eigenvalue weighted by molar-refractivity contribution is 0.0604. The molecule has 4 fully saturated rings. The van der Waals surface area contributed by atoms with Gasteiger partial charge in [0.05, 0.1) is 0 Å². The van der Waals surface area contributed by atoms with Gasteiger partial charge < -0.3 is 10.6 Å². The van der Waals surface area contributed by atoms with Crippen LogP contribution < -0.4 is 10.6 Å². The van der Waals surface area contributed by atoms with Crippen LogP contribution in [0.15, 0.2) is 0 Å². The number of nitrogens with one attached hydrogen (secondary N) is 2. The summed E-state index contributed by atoms with van der Waals surface area (Å²) >= 11 is 0. The van der Waals surface area contributed by atoms with E-state index in [-0.39, 0.29) is 0 Å². The Kier molecular flexibility index (Phi) is 1.66. The van der Waals surface area contributed by atoms with Gasteiger partial charge in [-0.1, -0.05) is 0 Å². The van der Waals surface area contributed by atoms with E-state index in [1.165, 1.54) is 38.8 Å². The minimum Gasteiger partial charge on any atom is -0.313 e. The molecule has 1 saturated carbocycles. The lowest BCUT2D eigenvalue weighted by atomic mass is 9.67. The highest BCUT2D eigenvalue weighted by molar-refractivity contribution is 5.02. The second kappa shape index (κ2) is 2.71. The van der Waals surface area contributed by atoms with Crippen LogP contribution >= 0.6 is 0 Å². The zero-order chi connectivity index (χ0) is 7.97. The molecule has 0 aromatic rings. The fourth-order valence-electron chi connectivity index (χ4n) is 3.48. The molecule has 4 atom stereocenters. The quantitative estimate of drug-likeness (QED) is 0.554. The largest absolute Gasteiger partial charge is 0.313 e. The number of hydrogen-bond donors (Lipinski definition) is 2. The molecule has 0 aromatic carbocycles. The topological polar surface area (TPSA) is 24.1 Å². The van der Waals surface area contributed by atoms with Crippen molar-refractivity contribution in [3.63, 3.8) is 0 Å². The zero-order valence-corrected chi connectivity index (χ0v) is 7.55. The summed E-state index contributed by atoms with van der Waals surface area (Å²) in [6.45, 7) is 2.54. The van der Waals surface area contributed by atoms with Crippen molar-refractivity contribution in [2.45, 2.75) is 37.8 Å². The average molecular weight is 166 g/mol. The molecule has 0 amide bonds. The summed E-state index contributed by atoms with van der Waals surface area (Å²) in [5, 5.41) is 7.39. The van der Waals surface area contributed by atoms with Gasteiger partial charge in [-0.3, -0.25) is 0 Å². The maximum atomic E-state index is 3.71. The summed E-state index contributed by atoms with van der Waals surface area (Å²) < 4.78 is 0. The highest BCUT2D eigenvalue weighted by Crippen LogP contribution is 2.37. The first-order valence-corrected chi connectivity index (χ1v) is 5.42. The van der Waals surface area contributed by atoms with E-state index in [0.29, 0.717) is 0 Å². The van der Waals surface area contributed by atoms with E-state index in [0.717, 1.165) is 23.9 Å². The minimum atomic E-state index is 0.854. The third-order valence-corrected chi connectivity index (χ3v) is 4.07. The molecular weight excluding hydrogens is 148 g/mol. The third-order valence-electron chi connectivity index (χ3n) is 4.07. The number of piperidine rings is 3. The van der Waals surface area contributed by atoms with Crippen molar-refractivity contribution in [3.05, 3.63) is 0 Å². The molecule has 0 radical (unpaired) electrons. The van der Waals surface area contributed by atoms with Crippen LogP contribution in [0.2, 0.25) is 0 Å². The van der Waals surface area contributed by atoms with Gasteiger partial charge in [-0.15, -0.1) is 0 Å². The summed E-state index contributed by atoms with van der Waals surface area (Å²) in [4.78, 5) is 0. The van der Waals surface area contributed by atoms with E-state index in [2.05, 4.69) is 10.6 Å². The molecular formula is C10H18N2. The van der Waals surface area contributed by atoms with Crippen LogP contribution in [0.1, 0.15) is 25.7 Å². The monoisotopic (exact) mass is 166 g/mol. The first-order chi connectivity index (χ1) is 5.95. The van der Waals surface area contributed by atoms with Crippen LogP contribution in [0.4, 0.5) is 0 Å². The Hall–Kier alpha value is -0.0800. The average Bonchev–Trinajstić information content (AvgIpc) is 2.20. The normalized spacial score (nSPS) is 52.0. The van der Waals surface area contributed by atoms with E-state index < -0.39 is 0 Å². The van der Waals surface area contributed by atoms with Crippen molar-refractivity contribution in [1.82, 2.24) is 10.6 Å². The first kappa shape index (κ1) is 7.34. The van der Waals surface area contributed by atoms with E-state index in [1.54, 1.807) is 0 Å². The van der Waals surface area contributed by atoms with Gasteiger partial charge in [0, 0.05) is 12.1 Å². The van der Waals surface area contributed by atoms with Gasteiger partial charge in [0.15, 0.2) is 0 Å². The molecule has 0 aromatic heterocycles. The maximum Gasteiger partial charge on any atom is 0.0151 e. The molecule has 2 bridgehead atoms. The van der Waals surface area contributed by atoms with Gasteiger partial charge in [0.2, 0.25) is 0 Å². The summed E-state index contributed by atoms with van der Waals surface area (Å²) in [5.41, 5.74) is 0.